The third kappa shape index (κ3) is 2.25. The van der Waals surface area contributed by atoms with Crippen molar-refractivity contribution in [3.05, 3.63) is 69.6 Å². The zero-order chi connectivity index (χ0) is 14.3. The molecule has 2 N–H and O–H groups in total. The highest BCUT2D eigenvalue weighted by Gasteiger charge is 2.16. The fourth-order valence-corrected chi connectivity index (χ4v) is 2.56. The van der Waals surface area contributed by atoms with Crippen LogP contribution in [0.1, 0.15) is 22.9 Å². The van der Waals surface area contributed by atoms with Gasteiger partial charge in [0.15, 0.2) is 11.4 Å². The molecule has 3 aromatic rings. The van der Waals surface area contributed by atoms with E-state index in [0.717, 1.165) is 21.0 Å². The molecule has 0 aliphatic rings. The number of nitrogens with two attached hydrogens (primary N) is 1. The molecule has 0 aliphatic carbocycles. The van der Waals surface area contributed by atoms with Gasteiger partial charge >= 0.3 is 0 Å². The van der Waals surface area contributed by atoms with Crippen LogP contribution in [0.3, 0.4) is 0 Å². The zero-order valence-corrected chi connectivity index (χ0v) is 12.4. The molecule has 0 fully saturated rings. The van der Waals surface area contributed by atoms with E-state index in [1.165, 1.54) is 6.07 Å². The Balaban J connectivity index is 2.05. The van der Waals surface area contributed by atoms with E-state index in [0.29, 0.717) is 5.76 Å². The molecule has 20 heavy (non-hydrogen) atoms. The Bertz CT molecular complexity index is 781. The molecule has 4 heteroatoms. The molecule has 1 heterocycles. The van der Waals surface area contributed by atoms with Crippen molar-refractivity contribution in [3.8, 4) is 0 Å². The third-order valence-corrected chi connectivity index (χ3v) is 4.23. The highest BCUT2D eigenvalue weighted by molar-refractivity contribution is 9.10. The van der Waals surface area contributed by atoms with Gasteiger partial charge in [-0.25, -0.2) is 4.39 Å². The lowest BCUT2D eigenvalue weighted by atomic mass is 10.0. The van der Waals surface area contributed by atoms with Crippen LogP contribution in [0, 0.1) is 12.7 Å². The summed E-state index contributed by atoms with van der Waals surface area (Å²) in [4.78, 5) is 0. The molecule has 0 spiro atoms. The second-order valence-electron chi connectivity index (χ2n) is 4.79. The van der Waals surface area contributed by atoms with Crippen molar-refractivity contribution in [2.24, 2.45) is 5.73 Å². The van der Waals surface area contributed by atoms with Gasteiger partial charge in [-0.1, -0.05) is 40.2 Å². The van der Waals surface area contributed by atoms with Gasteiger partial charge in [0, 0.05) is 9.86 Å². The molecular formula is C16H13BrFNO. The molecule has 1 atom stereocenters. The summed E-state index contributed by atoms with van der Waals surface area (Å²) in [7, 11) is 0. The summed E-state index contributed by atoms with van der Waals surface area (Å²) in [6.45, 7) is 2.01. The standard InChI is InChI=1S/C16H13BrFNO/c1-9-5-6-10(7-12(9)17)15(19)14-8-11-3-2-4-13(18)16(11)20-14/h2-8,15H,19H2,1H3. The van der Waals surface area contributed by atoms with E-state index in [2.05, 4.69) is 15.9 Å². The van der Waals surface area contributed by atoms with Crippen molar-refractivity contribution < 1.29 is 8.81 Å². The van der Waals surface area contributed by atoms with Gasteiger partial charge in [0.2, 0.25) is 0 Å². The molecule has 1 aromatic heterocycles. The van der Waals surface area contributed by atoms with Crippen LogP contribution in [0.15, 0.2) is 51.4 Å². The Kier molecular flexibility index (Phi) is 3.36. The number of halogens is 2. The SMILES string of the molecule is Cc1ccc(C(N)c2cc3cccc(F)c3o2)cc1Br. The van der Waals surface area contributed by atoms with Crippen molar-refractivity contribution in [1.82, 2.24) is 0 Å². The maximum atomic E-state index is 13.6. The summed E-state index contributed by atoms with van der Waals surface area (Å²) in [6.07, 6.45) is 0. The largest absolute Gasteiger partial charge is 0.456 e. The molecule has 102 valence electrons. The van der Waals surface area contributed by atoms with Gasteiger partial charge in [0.25, 0.3) is 0 Å². The van der Waals surface area contributed by atoms with Crippen LogP contribution < -0.4 is 5.73 Å². The van der Waals surface area contributed by atoms with E-state index in [1.54, 1.807) is 12.1 Å². The van der Waals surface area contributed by atoms with E-state index in [-0.39, 0.29) is 11.4 Å². The molecule has 3 rings (SSSR count). The number of hydrogen-bond donors (Lipinski definition) is 1. The van der Waals surface area contributed by atoms with Gasteiger partial charge in [-0.15, -0.1) is 0 Å². The van der Waals surface area contributed by atoms with Crippen molar-refractivity contribution in [3.63, 3.8) is 0 Å². The molecule has 0 saturated carbocycles. The fourth-order valence-electron chi connectivity index (χ4n) is 2.17. The number of rotatable bonds is 2. The van der Waals surface area contributed by atoms with Gasteiger partial charge in [0.05, 0.1) is 6.04 Å². The van der Waals surface area contributed by atoms with Crippen LogP contribution in [0.5, 0.6) is 0 Å². The average Bonchev–Trinajstić information content (AvgIpc) is 2.86. The average molecular weight is 334 g/mol. The summed E-state index contributed by atoms with van der Waals surface area (Å²) in [6, 6.07) is 12.1. The highest BCUT2D eigenvalue weighted by atomic mass is 79.9. The number of hydrogen-bond acceptors (Lipinski definition) is 2. The quantitative estimate of drug-likeness (QED) is 0.738. The van der Waals surface area contributed by atoms with Gasteiger partial charge in [-0.05, 0) is 36.2 Å². The lowest BCUT2D eigenvalue weighted by molar-refractivity contribution is 0.502. The first-order valence-electron chi connectivity index (χ1n) is 6.26. The highest BCUT2D eigenvalue weighted by Crippen LogP contribution is 2.30. The molecule has 0 amide bonds. The zero-order valence-electron chi connectivity index (χ0n) is 10.9. The van der Waals surface area contributed by atoms with E-state index >= 15 is 0 Å². The first-order chi connectivity index (χ1) is 9.56. The molecular weight excluding hydrogens is 321 g/mol. The van der Waals surface area contributed by atoms with Gasteiger partial charge in [0.1, 0.15) is 5.76 Å². The Morgan fingerprint density at radius 3 is 2.70 bits per heavy atom. The van der Waals surface area contributed by atoms with Crippen LogP contribution in [0.4, 0.5) is 4.39 Å². The summed E-state index contributed by atoms with van der Waals surface area (Å²) in [5.41, 5.74) is 8.52. The van der Waals surface area contributed by atoms with E-state index < -0.39 is 6.04 Å². The first kappa shape index (κ1) is 13.3. The van der Waals surface area contributed by atoms with Crippen LogP contribution in [0.25, 0.3) is 11.0 Å². The molecule has 0 aliphatic heterocycles. The predicted molar refractivity (Wildman–Crippen MR) is 81.1 cm³/mol. The Morgan fingerprint density at radius 2 is 2.00 bits per heavy atom. The van der Waals surface area contributed by atoms with E-state index in [1.807, 2.05) is 31.2 Å². The van der Waals surface area contributed by atoms with Crippen LogP contribution in [0.2, 0.25) is 0 Å². The van der Waals surface area contributed by atoms with Gasteiger partial charge < -0.3 is 10.2 Å². The number of aryl methyl sites for hydroxylation is 1. The number of furan rings is 1. The van der Waals surface area contributed by atoms with Crippen LogP contribution >= 0.6 is 15.9 Å². The number of para-hydroxylation sites is 1. The fraction of sp³-hybridized carbons (Fsp3) is 0.125. The molecule has 0 bridgehead atoms. The number of fused-ring (bicyclic) bond motifs is 1. The van der Waals surface area contributed by atoms with Crippen molar-refractivity contribution in [2.45, 2.75) is 13.0 Å². The minimum absolute atomic E-state index is 0.254. The smallest absolute Gasteiger partial charge is 0.169 e. The molecule has 2 aromatic carbocycles. The minimum atomic E-state index is -0.418. The molecule has 0 radical (unpaired) electrons. The Morgan fingerprint density at radius 1 is 1.20 bits per heavy atom. The monoisotopic (exact) mass is 333 g/mol. The minimum Gasteiger partial charge on any atom is -0.456 e. The molecule has 0 saturated heterocycles. The Labute approximate surface area is 124 Å². The maximum absolute atomic E-state index is 13.6. The van der Waals surface area contributed by atoms with E-state index in [9.17, 15) is 4.39 Å². The second kappa shape index (κ2) is 5.04. The maximum Gasteiger partial charge on any atom is 0.169 e. The summed E-state index contributed by atoms with van der Waals surface area (Å²) >= 11 is 3.49. The molecule has 1 unspecified atom stereocenters. The van der Waals surface area contributed by atoms with Gasteiger partial charge in [-0.2, -0.15) is 0 Å². The van der Waals surface area contributed by atoms with Crippen LogP contribution in [-0.4, -0.2) is 0 Å². The number of benzene rings is 2. The lowest BCUT2D eigenvalue weighted by Crippen LogP contribution is -2.10. The summed E-state index contributed by atoms with van der Waals surface area (Å²) < 4.78 is 20.2. The normalized spacial score (nSPS) is 12.8. The molecule has 2 nitrogen and oxygen atoms in total. The van der Waals surface area contributed by atoms with Crippen molar-refractivity contribution >= 4 is 26.9 Å². The Hall–Kier alpha value is -1.65. The third-order valence-electron chi connectivity index (χ3n) is 3.38. The predicted octanol–water partition coefficient (Wildman–Crippen LogP) is 4.69. The summed E-state index contributed by atoms with van der Waals surface area (Å²) in [5.74, 6) is 0.187. The topological polar surface area (TPSA) is 39.2 Å². The van der Waals surface area contributed by atoms with Gasteiger partial charge in [-0.3, -0.25) is 0 Å². The van der Waals surface area contributed by atoms with Crippen molar-refractivity contribution in [1.29, 1.82) is 0 Å². The first-order valence-corrected chi connectivity index (χ1v) is 7.05. The van der Waals surface area contributed by atoms with Crippen molar-refractivity contribution in [2.75, 3.05) is 0 Å². The van der Waals surface area contributed by atoms with Crippen LogP contribution in [-0.2, 0) is 0 Å². The summed E-state index contributed by atoms with van der Waals surface area (Å²) in [5, 5.41) is 0.724. The van der Waals surface area contributed by atoms with E-state index in [4.69, 9.17) is 10.2 Å². The second-order valence-corrected chi connectivity index (χ2v) is 5.65. The lowest BCUT2D eigenvalue weighted by Gasteiger charge is -2.10.